The maximum absolute atomic E-state index is 12.0. The molecule has 0 fully saturated rings. The molecule has 1 aliphatic rings. The van der Waals surface area contributed by atoms with E-state index in [1.54, 1.807) is 13.1 Å². The van der Waals surface area contributed by atoms with Crippen LogP contribution in [0.15, 0.2) is 48.9 Å². The molecule has 0 aliphatic heterocycles. The lowest BCUT2D eigenvalue weighted by Crippen LogP contribution is -2.39. The average Bonchev–Trinajstić information content (AvgIpc) is 3.16. The predicted molar refractivity (Wildman–Crippen MR) is 131 cm³/mol. The Morgan fingerprint density at radius 3 is 2.65 bits per heavy atom. The predicted octanol–water partition coefficient (Wildman–Crippen LogP) is 5.08. The van der Waals surface area contributed by atoms with Crippen LogP contribution in [0.1, 0.15) is 57.7 Å². The van der Waals surface area contributed by atoms with Crippen LogP contribution in [0.2, 0.25) is 0 Å². The van der Waals surface area contributed by atoms with Crippen molar-refractivity contribution in [1.29, 1.82) is 0 Å². The van der Waals surface area contributed by atoms with Crippen molar-refractivity contribution >= 4 is 17.3 Å². The van der Waals surface area contributed by atoms with E-state index in [-0.39, 0.29) is 5.91 Å². The molecule has 2 N–H and O–H groups in total. The summed E-state index contributed by atoms with van der Waals surface area (Å²) in [5.74, 6) is -0.208. The Morgan fingerprint density at radius 1 is 1.32 bits per heavy atom. The summed E-state index contributed by atoms with van der Waals surface area (Å²) in [6, 6.07) is 1.91. The zero-order valence-electron chi connectivity index (χ0n) is 19.7. The number of hydrogen-bond acceptors (Lipinski definition) is 4. The number of carbonyl (C=O) groups is 1. The van der Waals surface area contributed by atoms with Crippen LogP contribution in [0.25, 0.3) is 5.70 Å². The zero-order chi connectivity index (χ0) is 22.9. The number of aryl methyl sites for hydroxylation is 1. The fraction of sp³-hybridized carbons (Fsp3) is 0.500. The first-order valence-corrected chi connectivity index (χ1v) is 11.2. The summed E-state index contributed by atoms with van der Waals surface area (Å²) in [5, 5.41) is 6.33. The van der Waals surface area contributed by atoms with Crippen LogP contribution in [0.3, 0.4) is 0 Å². The fourth-order valence-corrected chi connectivity index (χ4v) is 3.77. The molecule has 1 amide bonds. The van der Waals surface area contributed by atoms with Gasteiger partial charge in [-0.15, -0.1) is 5.73 Å². The van der Waals surface area contributed by atoms with Crippen molar-refractivity contribution in [2.75, 3.05) is 31.5 Å². The lowest BCUT2D eigenvalue weighted by atomic mass is 9.87. The summed E-state index contributed by atoms with van der Waals surface area (Å²) in [4.78, 5) is 19.0. The Morgan fingerprint density at radius 2 is 2.03 bits per heavy atom. The number of hydrogen-bond donors (Lipinski definition) is 2. The molecule has 0 radical (unpaired) electrons. The Bertz CT molecular complexity index is 856. The highest BCUT2D eigenvalue weighted by atomic mass is 16.1. The second kappa shape index (κ2) is 11.7. The van der Waals surface area contributed by atoms with Gasteiger partial charge in [0.15, 0.2) is 0 Å². The molecule has 0 aromatic carbocycles. The molecule has 1 aliphatic carbocycles. The summed E-state index contributed by atoms with van der Waals surface area (Å²) >= 11 is 0. The van der Waals surface area contributed by atoms with Gasteiger partial charge in [0.2, 0.25) is 0 Å². The number of amides is 1. The van der Waals surface area contributed by atoms with Gasteiger partial charge in [-0.25, -0.2) is 0 Å². The van der Waals surface area contributed by atoms with Gasteiger partial charge in [-0.05, 0) is 51.1 Å². The van der Waals surface area contributed by atoms with Gasteiger partial charge in [-0.2, -0.15) is 0 Å². The Kier molecular flexibility index (Phi) is 9.29. The molecule has 0 spiro atoms. The van der Waals surface area contributed by atoms with E-state index in [0.717, 1.165) is 56.0 Å². The van der Waals surface area contributed by atoms with Crippen LogP contribution in [0.5, 0.6) is 0 Å². The fourth-order valence-electron chi connectivity index (χ4n) is 3.77. The molecule has 5 heteroatoms. The minimum Gasteiger partial charge on any atom is -0.377 e. The quantitative estimate of drug-likeness (QED) is 0.280. The average molecular weight is 423 g/mol. The third-order valence-corrected chi connectivity index (χ3v) is 5.74. The lowest BCUT2D eigenvalue weighted by molar-refractivity contribution is -0.112. The topological polar surface area (TPSA) is 57.3 Å². The molecule has 0 unspecified atom stereocenters. The van der Waals surface area contributed by atoms with Gasteiger partial charge in [0.1, 0.15) is 0 Å². The first kappa shape index (κ1) is 24.6. The molecule has 168 valence electrons. The first-order valence-electron chi connectivity index (χ1n) is 11.2. The van der Waals surface area contributed by atoms with Crippen LogP contribution in [0.4, 0.5) is 5.69 Å². The van der Waals surface area contributed by atoms with Crippen LogP contribution in [-0.2, 0) is 4.79 Å². The third-order valence-electron chi connectivity index (χ3n) is 5.74. The van der Waals surface area contributed by atoms with E-state index in [2.05, 4.69) is 65.4 Å². The summed E-state index contributed by atoms with van der Waals surface area (Å²) in [6.45, 7) is 19.7. The number of aromatic nitrogens is 1. The van der Waals surface area contributed by atoms with Gasteiger partial charge in [-0.3, -0.25) is 9.78 Å². The van der Waals surface area contributed by atoms with Gasteiger partial charge in [-0.1, -0.05) is 45.6 Å². The zero-order valence-corrected chi connectivity index (χ0v) is 19.7. The molecule has 1 heterocycles. The SMILES string of the molecule is C=C=C(NCCN(CCCC)CC1(C)CC=CC1)c1cnc(C)c(NC(=O)C(=C)C)c1. The highest BCUT2D eigenvalue weighted by Gasteiger charge is 2.27. The molecule has 0 saturated heterocycles. The molecule has 0 saturated carbocycles. The Hall–Kier alpha value is -2.62. The van der Waals surface area contributed by atoms with Crippen LogP contribution >= 0.6 is 0 Å². The highest BCUT2D eigenvalue weighted by molar-refractivity contribution is 6.03. The first-order chi connectivity index (χ1) is 14.8. The normalized spacial score (nSPS) is 14.4. The Labute approximate surface area is 188 Å². The minimum absolute atomic E-state index is 0.208. The van der Waals surface area contributed by atoms with E-state index < -0.39 is 0 Å². The van der Waals surface area contributed by atoms with Gasteiger partial charge >= 0.3 is 0 Å². The second-order valence-electron chi connectivity index (χ2n) is 8.89. The van der Waals surface area contributed by atoms with Crippen molar-refractivity contribution in [2.24, 2.45) is 5.41 Å². The second-order valence-corrected chi connectivity index (χ2v) is 8.89. The maximum atomic E-state index is 12.0. The summed E-state index contributed by atoms with van der Waals surface area (Å²) in [7, 11) is 0. The summed E-state index contributed by atoms with van der Waals surface area (Å²) < 4.78 is 0. The van der Waals surface area contributed by atoms with E-state index in [0.29, 0.717) is 16.7 Å². The van der Waals surface area contributed by atoms with Gasteiger partial charge in [0.05, 0.1) is 17.1 Å². The molecule has 1 aromatic heterocycles. The standard InChI is InChI=1S/C26H38N4O/c1-7-9-15-30(19-26(6)12-10-11-13-26)16-14-27-23(8-2)22-17-24(21(5)28-18-22)29-25(31)20(3)4/h10-11,17-18,27H,2-3,7,9,12-16,19H2,1,4-6H3,(H,29,31). The van der Waals surface area contributed by atoms with Crippen molar-refractivity contribution in [1.82, 2.24) is 15.2 Å². The van der Waals surface area contributed by atoms with E-state index >= 15 is 0 Å². The van der Waals surface area contributed by atoms with Crippen molar-refractivity contribution in [3.8, 4) is 0 Å². The number of nitrogens with zero attached hydrogens (tertiary/aromatic N) is 2. The Balaban J connectivity index is 2.00. The molecule has 0 bridgehead atoms. The molecule has 5 nitrogen and oxygen atoms in total. The highest BCUT2D eigenvalue weighted by Crippen LogP contribution is 2.33. The molecule has 1 aromatic rings. The van der Waals surface area contributed by atoms with Crippen molar-refractivity contribution in [3.63, 3.8) is 0 Å². The largest absolute Gasteiger partial charge is 0.377 e. The molecule has 0 atom stereocenters. The number of pyridine rings is 1. The number of allylic oxidation sites excluding steroid dienone is 2. The van der Waals surface area contributed by atoms with Gasteiger partial charge in [0.25, 0.3) is 5.91 Å². The summed E-state index contributed by atoms with van der Waals surface area (Å²) in [6.07, 6.45) is 11.1. The molecular formula is C26H38N4O. The van der Waals surface area contributed by atoms with Crippen molar-refractivity contribution in [3.05, 3.63) is 60.1 Å². The summed E-state index contributed by atoms with van der Waals surface area (Å²) in [5.41, 5.74) is 6.88. The number of anilines is 1. The monoisotopic (exact) mass is 422 g/mol. The van der Waals surface area contributed by atoms with E-state index in [9.17, 15) is 4.79 Å². The third kappa shape index (κ3) is 7.54. The lowest BCUT2D eigenvalue weighted by Gasteiger charge is -2.32. The van der Waals surface area contributed by atoms with Crippen LogP contribution < -0.4 is 10.6 Å². The van der Waals surface area contributed by atoms with E-state index in [1.807, 2.05) is 13.0 Å². The van der Waals surface area contributed by atoms with Crippen LogP contribution in [-0.4, -0.2) is 42.0 Å². The maximum Gasteiger partial charge on any atom is 0.250 e. The van der Waals surface area contributed by atoms with E-state index in [4.69, 9.17) is 0 Å². The number of unbranched alkanes of at least 4 members (excludes halogenated alkanes) is 1. The van der Waals surface area contributed by atoms with Crippen molar-refractivity contribution in [2.45, 2.75) is 53.4 Å². The number of carbonyl (C=O) groups excluding carboxylic acids is 1. The smallest absolute Gasteiger partial charge is 0.250 e. The molecular weight excluding hydrogens is 384 g/mol. The van der Waals surface area contributed by atoms with Gasteiger partial charge in [0, 0.05) is 37.0 Å². The molecule has 31 heavy (non-hydrogen) atoms. The van der Waals surface area contributed by atoms with Crippen molar-refractivity contribution < 1.29 is 4.79 Å². The van der Waals surface area contributed by atoms with Crippen LogP contribution in [0, 0.1) is 12.3 Å². The number of nitrogens with one attached hydrogen (secondary N) is 2. The molecule has 2 rings (SSSR count). The van der Waals surface area contributed by atoms with E-state index in [1.165, 1.54) is 12.8 Å². The minimum atomic E-state index is -0.208. The van der Waals surface area contributed by atoms with Gasteiger partial charge < -0.3 is 15.5 Å². The number of rotatable bonds is 12.